The predicted octanol–water partition coefficient (Wildman–Crippen LogP) is 2.79. The van der Waals surface area contributed by atoms with Crippen LogP contribution in [0.2, 0.25) is 0 Å². The van der Waals surface area contributed by atoms with Gasteiger partial charge in [0, 0.05) is 17.0 Å². The molecule has 2 aromatic rings. The molecule has 0 saturated carbocycles. The molecule has 0 fully saturated rings. The number of hydrogen-bond donors (Lipinski definition) is 1. The first-order chi connectivity index (χ1) is 8.94. The maximum absolute atomic E-state index is 12.3. The van der Waals surface area contributed by atoms with E-state index in [4.69, 9.17) is 4.52 Å². The molecule has 2 heterocycles. The Bertz CT molecular complexity index is 645. The fourth-order valence-corrected chi connectivity index (χ4v) is 4.48. The summed E-state index contributed by atoms with van der Waals surface area (Å²) in [5.41, 5.74) is 0. The number of aryl methyl sites for hydroxylation is 1. The van der Waals surface area contributed by atoms with Crippen LogP contribution in [0.25, 0.3) is 10.6 Å². The second-order valence-electron chi connectivity index (χ2n) is 4.34. The zero-order valence-corrected chi connectivity index (χ0v) is 12.6. The number of aromatic nitrogens is 1. The molecule has 7 heteroatoms. The quantitative estimate of drug-likeness (QED) is 0.921. The minimum Gasteiger partial charge on any atom is -0.355 e. The van der Waals surface area contributed by atoms with E-state index in [0.717, 1.165) is 16.2 Å². The van der Waals surface area contributed by atoms with Crippen LogP contribution in [0.3, 0.4) is 0 Å². The third-order valence-electron chi connectivity index (χ3n) is 2.81. The Kier molecular flexibility index (Phi) is 4.07. The van der Waals surface area contributed by atoms with Crippen molar-refractivity contribution in [3.05, 3.63) is 23.2 Å². The molecule has 0 amide bonds. The van der Waals surface area contributed by atoms with Gasteiger partial charge in [-0.3, -0.25) is 0 Å². The van der Waals surface area contributed by atoms with Gasteiger partial charge in [0.1, 0.15) is 0 Å². The topological polar surface area (TPSA) is 72.2 Å². The van der Waals surface area contributed by atoms with E-state index in [9.17, 15) is 8.42 Å². The zero-order chi connectivity index (χ0) is 14.0. The van der Waals surface area contributed by atoms with Crippen molar-refractivity contribution < 1.29 is 12.9 Å². The van der Waals surface area contributed by atoms with E-state index in [-0.39, 0.29) is 6.04 Å². The molecule has 1 N–H and O–H groups in total. The molecule has 104 valence electrons. The molecule has 0 aromatic carbocycles. The summed E-state index contributed by atoms with van der Waals surface area (Å²) in [6.07, 6.45) is 2.29. The van der Waals surface area contributed by atoms with Gasteiger partial charge in [-0.25, -0.2) is 13.1 Å². The Morgan fingerprint density at radius 2 is 2.26 bits per heavy atom. The van der Waals surface area contributed by atoms with Crippen molar-refractivity contribution in [2.45, 2.75) is 38.1 Å². The first-order valence-corrected chi connectivity index (χ1v) is 8.28. The van der Waals surface area contributed by atoms with Crippen LogP contribution in [-0.4, -0.2) is 19.6 Å². The van der Waals surface area contributed by atoms with Crippen LogP contribution in [0, 0.1) is 6.92 Å². The Hall–Kier alpha value is -1.18. The van der Waals surface area contributed by atoms with Crippen LogP contribution >= 0.6 is 11.3 Å². The third kappa shape index (κ3) is 3.05. The number of sulfonamides is 1. The smallest absolute Gasteiger partial charge is 0.241 e. The van der Waals surface area contributed by atoms with Crippen molar-refractivity contribution >= 4 is 21.4 Å². The highest BCUT2D eigenvalue weighted by atomic mass is 32.2. The number of thiophene rings is 1. The van der Waals surface area contributed by atoms with Crippen molar-refractivity contribution in [3.8, 4) is 10.6 Å². The summed E-state index contributed by atoms with van der Waals surface area (Å²) < 4.78 is 32.2. The Balaban J connectivity index is 2.36. The van der Waals surface area contributed by atoms with Crippen LogP contribution in [-0.2, 0) is 10.0 Å². The van der Waals surface area contributed by atoms with Crippen molar-refractivity contribution in [1.82, 2.24) is 9.88 Å². The molecule has 0 aliphatic rings. The van der Waals surface area contributed by atoms with Crippen LogP contribution < -0.4 is 4.72 Å². The first kappa shape index (κ1) is 14.2. The van der Waals surface area contributed by atoms with Crippen molar-refractivity contribution in [1.29, 1.82) is 0 Å². The van der Waals surface area contributed by atoms with E-state index in [1.165, 1.54) is 17.5 Å². The largest absolute Gasteiger partial charge is 0.355 e. The lowest BCUT2D eigenvalue weighted by molar-refractivity contribution is 0.433. The Morgan fingerprint density at radius 1 is 1.53 bits per heavy atom. The van der Waals surface area contributed by atoms with E-state index in [1.54, 1.807) is 19.1 Å². The summed E-state index contributed by atoms with van der Waals surface area (Å²) in [6.45, 7) is 5.57. The maximum atomic E-state index is 12.3. The molecule has 19 heavy (non-hydrogen) atoms. The molecule has 0 saturated heterocycles. The van der Waals surface area contributed by atoms with Gasteiger partial charge in [-0.2, -0.15) is 0 Å². The maximum Gasteiger partial charge on any atom is 0.241 e. The number of nitrogens with zero attached hydrogens (tertiary/aromatic N) is 1. The highest BCUT2D eigenvalue weighted by Gasteiger charge is 2.22. The second-order valence-corrected chi connectivity index (χ2v) is 7.28. The molecule has 0 radical (unpaired) electrons. The second kappa shape index (κ2) is 5.44. The molecule has 0 spiro atoms. The number of rotatable bonds is 5. The van der Waals surface area contributed by atoms with E-state index in [1.807, 2.05) is 13.8 Å². The van der Waals surface area contributed by atoms with Crippen molar-refractivity contribution in [3.63, 3.8) is 0 Å². The lowest BCUT2D eigenvalue weighted by Gasteiger charge is -2.11. The van der Waals surface area contributed by atoms with E-state index >= 15 is 0 Å². The van der Waals surface area contributed by atoms with E-state index in [0.29, 0.717) is 10.7 Å². The molecule has 5 nitrogen and oxygen atoms in total. The van der Waals surface area contributed by atoms with Crippen LogP contribution in [0.15, 0.2) is 27.7 Å². The molecular formula is C12H16N2O3S2. The Morgan fingerprint density at radius 3 is 2.84 bits per heavy atom. The fraction of sp³-hybridized carbons (Fsp3) is 0.417. The molecule has 2 rings (SSSR count). The summed E-state index contributed by atoms with van der Waals surface area (Å²) in [7, 11) is -3.47. The first-order valence-electron chi connectivity index (χ1n) is 5.98. The van der Waals surface area contributed by atoms with Gasteiger partial charge in [-0.15, -0.1) is 11.3 Å². The average molecular weight is 300 g/mol. The highest BCUT2D eigenvalue weighted by Crippen LogP contribution is 2.33. The van der Waals surface area contributed by atoms with E-state index < -0.39 is 10.0 Å². The normalized spacial score (nSPS) is 13.6. The van der Waals surface area contributed by atoms with Gasteiger partial charge in [0.05, 0.1) is 16.0 Å². The molecular weight excluding hydrogens is 284 g/mol. The van der Waals surface area contributed by atoms with E-state index in [2.05, 4.69) is 9.88 Å². The summed E-state index contributed by atoms with van der Waals surface area (Å²) in [5, 5.41) is 3.63. The van der Waals surface area contributed by atoms with Gasteiger partial charge in [-0.1, -0.05) is 12.1 Å². The summed E-state index contributed by atoms with van der Waals surface area (Å²) in [6, 6.07) is 3.26. The number of hydrogen-bond acceptors (Lipinski definition) is 5. The van der Waals surface area contributed by atoms with Gasteiger partial charge in [-0.05, 0) is 26.3 Å². The van der Waals surface area contributed by atoms with Crippen molar-refractivity contribution in [2.75, 3.05) is 0 Å². The summed E-state index contributed by atoms with van der Waals surface area (Å²) in [4.78, 5) is 1.81. The van der Waals surface area contributed by atoms with Gasteiger partial charge >= 0.3 is 0 Å². The minimum absolute atomic E-state index is 0.0852. The van der Waals surface area contributed by atoms with Crippen molar-refractivity contribution in [2.24, 2.45) is 0 Å². The molecule has 0 aliphatic carbocycles. The highest BCUT2D eigenvalue weighted by molar-refractivity contribution is 7.89. The Labute approximate surface area is 116 Å². The van der Waals surface area contributed by atoms with Crippen LogP contribution in [0.1, 0.15) is 25.1 Å². The monoisotopic (exact) mass is 300 g/mol. The molecule has 0 bridgehead atoms. The van der Waals surface area contributed by atoms with Gasteiger partial charge in [0.25, 0.3) is 0 Å². The third-order valence-corrected chi connectivity index (χ3v) is 5.72. The van der Waals surface area contributed by atoms with Crippen LogP contribution in [0.4, 0.5) is 0 Å². The molecule has 2 aromatic heterocycles. The minimum atomic E-state index is -3.47. The lowest BCUT2D eigenvalue weighted by Crippen LogP contribution is -2.32. The predicted molar refractivity (Wildman–Crippen MR) is 74.6 cm³/mol. The average Bonchev–Trinajstić information content (AvgIpc) is 2.96. The standard InChI is InChI=1S/C12H16N2O3S2/c1-4-8(2)14-19(15,16)12-7-11(18-9(12)3)10-5-6-13-17-10/h5-8,14H,4H2,1-3H3. The fourth-order valence-electron chi connectivity index (χ4n) is 1.61. The molecule has 1 unspecified atom stereocenters. The zero-order valence-electron chi connectivity index (χ0n) is 11.0. The van der Waals surface area contributed by atoms with Gasteiger partial charge in [0.15, 0.2) is 5.76 Å². The molecule has 0 aliphatic heterocycles. The summed E-state index contributed by atoms with van der Waals surface area (Å²) >= 11 is 1.38. The van der Waals surface area contributed by atoms with Crippen LogP contribution in [0.5, 0.6) is 0 Å². The SMILES string of the molecule is CCC(C)NS(=O)(=O)c1cc(-c2ccno2)sc1C. The lowest BCUT2D eigenvalue weighted by atomic mass is 10.3. The van der Waals surface area contributed by atoms with Gasteiger partial charge < -0.3 is 4.52 Å². The number of nitrogens with one attached hydrogen (secondary N) is 1. The van der Waals surface area contributed by atoms with Gasteiger partial charge in [0.2, 0.25) is 10.0 Å². The summed E-state index contributed by atoms with van der Waals surface area (Å²) in [5.74, 6) is 0.582. The molecule has 1 atom stereocenters.